The number of ketones is 2. The number of anilines is 2. The number of para-hydroxylation sites is 1. The Balaban J connectivity index is 1.55. The van der Waals surface area contributed by atoms with Gasteiger partial charge in [0.2, 0.25) is 5.91 Å². The number of carbonyl (C=O) groups excluding carboxylic acids is 3. The van der Waals surface area contributed by atoms with E-state index in [1.165, 1.54) is 0 Å². The van der Waals surface area contributed by atoms with Crippen LogP contribution < -0.4 is 15.0 Å². The van der Waals surface area contributed by atoms with Gasteiger partial charge in [-0.1, -0.05) is 66.2 Å². The fourth-order valence-corrected chi connectivity index (χ4v) is 7.25. The van der Waals surface area contributed by atoms with Crippen molar-refractivity contribution in [3.8, 4) is 5.75 Å². The number of rotatable bonds is 5. The number of carbonyl (C=O) groups is 3. The van der Waals surface area contributed by atoms with E-state index >= 15 is 0 Å². The highest BCUT2D eigenvalue weighted by atomic mass is 16.5. The molecule has 0 radical (unpaired) electrons. The Morgan fingerprint density at radius 1 is 0.833 bits per heavy atom. The van der Waals surface area contributed by atoms with Crippen molar-refractivity contribution in [3.05, 3.63) is 131 Å². The number of nitrogens with one attached hydrogen (secondary N) is 1. The highest BCUT2D eigenvalue weighted by Crippen LogP contribution is 2.59. The lowest BCUT2D eigenvalue weighted by Crippen LogP contribution is -2.51. The van der Waals surface area contributed by atoms with Crippen LogP contribution >= 0.6 is 0 Å². The Kier molecular flexibility index (Phi) is 5.91. The molecule has 1 N–H and O–H groups in total. The van der Waals surface area contributed by atoms with E-state index in [1.807, 2.05) is 73.3 Å². The molecule has 1 fully saturated rings. The maximum absolute atomic E-state index is 14.9. The van der Waals surface area contributed by atoms with Crippen LogP contribution in [0.3, 0.4) is 0 Å². The molecular weight excluding hydrogens is 524 g/mol. The number of ether oxygens (including phenoxy) is 1. The molecule has 208 valence electrons. The molecule has 0 saturated carbocycles. The van der Waals surface area contributed by atoms with Crippen molar-refractivity contribution < 1.29 is 19.1 Å². The molecular formula is C36H30N2O4. The van der Waals surface area contributed by atoms with E-state index in [-0.39, 0.29) is 17.5 Å². The first-order valence-corrected chi connectivity index (χ1v) is 14.1. The molecule has 4 aromatic rings. The zero-order chi connectivity index (χ0) is 29.2. The van der Waals surface area contributed by atoms with E-state index in [0.29, 0.717) is 22.6 Å². The summed E-state index contributed by atoms with van der Waals surface area (Å²) < 4.78 is 5.34. The van der Waals surface area contributed by atoms with Gasteiger partial charge >= 0.3 is 0 Å². The van der Waals surface area contributed by atoms with E-state index < -0.39 is 23.4 Å². The molecule has 0 aliphatic carbocycles. The molecule has 1 saturated heterocycles. The number of methoxy groups -OCH3 is 1. The van der Waals surface area contributed by atoms with Crippen molar-refractivity contribution in [3.63, 3.8) is 0 Å². The van der Waals surface area contributed by atoms with Crippen LogP contribution in [0.4, 0.5) is 11.4 Å². The molecule has 0 aromatic heterocycles. The van der Waals surface area contributed by atoms with Gasteiger partial charge in [0.1, 0.15) is 17.2 Å². The largest absolute Gasteiger partial charge is 0.497 e. The fraction of sp³-hybridized carbons (Fsp3) is 0.194. The summed E-state index contributed by atoms with van der Waals surface area (Å²) >= 11 is 0. The highest BCUT2D eigenvalue weighted by Gasteiger charge is 2.70. The van der Waals surface area contributed by atoms with Gasteiger partial charge in [-0.15, -0.1) is 0 Å². The summed E-state index contributed by atoms with van der Waals surface area (Å²) in [6.45, 7) is 4.07. The molecule has 3 heterocycles. The molecule has 42 heavy (non-hydrogen) atoms. The third-order valence-corrected chi connectivity index (χ3v) is 9.12. The molecule has 6 heteroatoms. The monoisotopic (exact) mass is 554 g/mol. The van der Waals surface area contributed by atoms with Crippen LogP contribution in [0.5, 0.6) is 5.75 Å². The second-order valence-electron chi connectivity index (χ2n) is 11.3. The summed E-state index contributed by atoms with van der Waals surface area (Å²) in [4.78, 5) is 46.1. The third kappa shape index (κ3) is 3.54. The lowest BCUT2D eigenvalue weighted by molar-refractivity contribution is -0.121. The minimum absolute atomic E-state index is 0.194. The predicted molar refractivity (Wildman–Crippen MR) is 163 cm³/mol. The maximum Gasteiger partial charge on any atom is 0.238 e. The van der Waals surface area contributed by atoms with Gasteiger partial charge in [0.25, 0.3) is 0 Å². The Hall–Kier alpha value is -4.97. The highest BCUT2D eigenvalue weighted by molar-refractivity contribution is 6.18. The Labute approximate surface area is 244 Å². The summed E-state index contributed by atoms with van der Waals surface area (Å²) in [5.41, 5.74) is 4.93. The van der Waals surface area contributed by atoms with E-state index in [4.69, 9.17) is 4.74 Å². The van der Waals surface area contributed by atoms with Crippen LogP contribution in [0.15, 0.2) is 103 Å². The van der Waals surface area contributed by atoms with E-state index in [9.17, 15) is 14.4 Å². The minimum Gasteiger partial charge on any atom is -0.497 e. The molecule has 6 nitrogen and oxygen atoms in total. The van der Waals surface area contributed by atoms with E-state index in [0.717, 1.165) is 28.0 Å². The number of allylic oxidation sites excluding steroid dienone is 1. The van der Waals surface area contributed by atoms with Gasteiger partial charge in [-0.3, -0.25) is 14.4 Å². The van der Waals surface area contributed by atoms with Crippen LogP contribution in [0, 0.1) is 12.8 Å². The third-order valence-electron chi connectivity index (χ3n) is 9.12. The van der Waals surface area contributed by atoms with Crippen molar-refractivity contribution in [2.75, 3.05) is 17.3 Å². The average Bonchev–Trinajstić information content (AvgIpc) is 3.49. The number of nitrogens with zero attached hydrogens (tertiary/aromatic N) is 1. The number of amides is 1. The molecule has 3 aliphatic heterocycles. The lowest BCUT2D eigenvalue weighted by atomic mass is 9.64. The van der Waals surface area contributed by atoms with Crippen molar-refractivity contribution in [1.82, 2.24) is 0 Å². The second kappa shape index (κ2) is 9.55. The second-order valence-corrected chi connectivity index (χ2v) is 11.3. The molecule has 3 aliphatic rings. The normalized spacial score (nSPS) is 23.5. The summed E-state index contributed by atoms with van der Waals surface area (Å²) in [7, 11) is 1.57. The van der Waals surface area contributed by atoms with Gasteiger partial charge in [-0.05, 0) is 67.4 Å². The first-order chi connectivity index (χ1) is 20.4. The van der Waals surface area contributed by atoms with Crippen LogP contribution in [0.1, 0.15) is 44.3 Å². The summed E-state index contributed by atoms with van der Waals surface area (Å²) in [5.74, 6) is -1.11. The lowest BCUT2D eigenvalue weighted by Gasteiger charge is -2.39. The van der Waals surface area contributed by atoms with Gasteiger partial charge in [-0.25, -0.2) is 0 Å². The van der Waals surface area contributed by atoms with Gasteiger partial charge in [0.05, 0.1) is 19.1 Å². The smallest absolute Gasteiger partial charge is 0.238 e. The zero-order valence-electron chi connectivity index (χ0n) is 23.6. The molecule has 4 aromatic carbocycles. The van der Waals surface area contributed by atoms with Crippen molar-refractivity contribution in [2.24, 2.45) is 5.92 Å². The van der Waals surface area contributed by atoms with Crippen LogP contribution in [-0.2, 0) is 10.2 Å². The van der Waals surface area contributed by atoms with Gasteiger partial charge in [0.15, 0.2) is 11.6 Å². The topological polar surface area (TPSA) is 75.7 Å². The van der Waals surface area contributed by atoms with Crippen LogP contribution in [-0.4, -0.2) is 36.7 Å². The zero-order valence-corrected chi connectivity index (χ0v) is 23.6. The molecule has 0 bridgehead atoms. The molecule has 1 amide bonds. The summed E-state index contributed by atoms with van der Waals surface area (Å²) in [5, 5.41) is 3.09. The van der Waals surface area contributed by atoms with Gasteiger partial charge in [-0.2, -0.15) is 0 Å². The van der Waals surface area contributed by atoms with Gasteiger partial charge < -0.3 is 15.0 Å². The van der Waals surface area contributed by atoms with Gasteiger partial charge in [0, 0.05) is 28.1 Å². The first kappa shape index (κ1) is 26.0. The number of fused-ring (bicyclic) bond motifs is 6. The van der Waals surface area contributed by atoms with Crippen molar-refractivity contribution >= 4 is 34.4 Å². The summed E-state index contributed by atoms with van der Waals surface area (Å²) in [6.07, 6.45) is 2.08. The fourth-order valence-electron chi connectivity index (χ4n) is 7.25. The number of Topliss-reactive ketones (excluding diaryl/α,β-unsaturated/α-hetero) is 2. The van der Waals surface area contributed by atoms with E-state index in [2.05, 4.69) is 17.5 Å². The average molecular weight is 555 g/mol. The SMILES string of the molecule is COc1ccc(C(=O)[C@@H]2[C@H](C(=O)c3ccccc3)N3c4ccc(C)cc4C(C)=C[C@H]3[C@@]23C(=O)Nc2ccccc23)cc1. The van der Waals surface area contributed by atoms with Crippen LogP contribution in [0.25, 0.3) is 5.57 Å². The van der Waals surface area contributed by atoms with E-state index in [1.54, 1.807) is 43.5 Å². The standard InChI is InChI=1S/C36H30N2O4/c1-21-13-18-29-26(19-21)22(2)20-30-36(27-11-7-8-12-28(27)37-35(36)41)31(33(39)24-14-16-25(42-3)17-15-24)32(38(29)30)34(40)23-9-5-4-6-10-23/h4-20,30-32H,1-3H3,(H,37,41)/t30-,31-,32+,36+/m0/s1. The minimum atomic E-state index is -1.34. The number of hydrogen-bond acceptors (Lipinski definition) is 5. The Morgan fingerprint density at radius 3 is 2.26 bits per heavy atom. The Bertz CT molecular complexity index is 1790. The van der Waals surface area contributed by atoms with Crippen molar-refractivity contribution in [2.45, 2.75) is 31.3 Å². The molecule has 1 spiro atoms. The molecule has 7 rings (SSSR count). The number of benzene rings is 4. The predicted octanol–water partition coefficient (Wildman–Crippen LogP) is 6.25. The van der Waals surface area contributed by atoms with Crippen molar-refractivity contribution in [1.29, 1.82) is 0 Å². The first-order valence-electron chi connectivity index (χ1n) is 14.1. The quantitative estimate of drug-likeness (QED) is 0.295. The molecule has 0 unspecified atom stereocenters. The number of hydrogen-bond donors (Lipinski definition) is 1. The van der Waals surface area contributed by atoms with Crippen LogP contribution in [0.2, 0.25) is 0 Å². The maximum atomic E-state index is 14.9. The number of aryl methyl sites for hydroxylation is 1. The Morgan fingerprint density at radius 2 is 1.52 bits per heavy atom. The molecule has 4 atom stereocenters. The summed E-state index contributed by atoms with van der Waals surface area (Å²) in [6, 6.07) is 28.2.